The molecule has 0 spiro atoms. The molecule has 0 radical (unpaired) electrons. The largest absolute Gasteiger partial charge is 0.461 e. The number of ether oxygens (including phenoxy) is 1. The van der Waals surface area contributed by atoms with Crippen molar-refractivity contribution in [1.82, 2.24) is 20.1 Å². The highest BCUT2D eigenvalue weighted by Gasteiger charge is 2.20. The first-order chi connectivity index (χ1) is 13.7. The van der Waals surface area contributed by atoms with E-state index < -0.39 is 0 Å². The summed E-state index contributed by atoms with van der Waals surface area (Å²) >= 11 is 1.35. The number of hydrogen-bond donors (Lipinski definition) is 1. The Kier molecular flexibility index (Phi) is 5.78. The molecule has 0 aliphatic carbocycles. The fourth-order valence-corrected chi connectivity index (χ4v) is 3.95. The molecule has 0 saturated carbocycles. The number of nitrogens with one attached hydrogen (secondary N) is 1. The molecule has 1 N–H and O–H groups in total. The lowest BCUT2D eigenvalue weighted by Gasteiger charge is -2.12. The van der Waals surface area contributed by atoms with Crippen LogP contribution in [0.15, 0.2) is 52.2 Å². The molecule has 0 bridgehead atoms. The first-order valence-electron chi connectivity index (χ1n) is 9.29. The maximum Gasteiger partial charge on any atom is 0.230 e. The fraction of sp³-hybridized carbons (Fsp3) is 0.350. The second kappa shape index (κ2) is 8.62. The number of benzene rings is 1. The van der Waals surface area contributed by atoms with Crippen molar-refractivity contribution in [3.63, 3.8) is 0 Å². The van der Waals surface area contributed by atoms with Crippen LogP contribution in [0.25, 0.3) is 17.3 Å². The summed E-state index contributed by atoms with van der Waals surface area (Å²) in [5, 5.41) is 12.2. The summed E-state index contributed by atoms with van der Waals surface area (Å²) in [5.41, 5.74) is 2.04. The van der Waals surface area contributed by atoms with Gasteiger partial charge < -0.3 is 14.5 Å². The molecule has 1 aliphatic heterocycles. The van der Waals surface area contributed by atoms with Crippen LogP contribution in [0.4, 0.5) is 0 Å². The topological polar surface area (TPSA) is 82.2 Å². The SMILES string of the molecule is Cc1ccccc1-n1c(SCC(=O)NC[C@@H]2CCCO2)nnc1-c1ccco1. The van der Waals surface area contributed by atoms with Crippen molar-refractivity contribution >= 4 is 17.7 Å². The minimum absolute atomic E-state index is 0.0422. The zero-order valence-electron chi connectivity index (χ0n) is 15.6. The van der Waals surface area contributed by atoms with E-state index in [1.165, 1.54) is 11.8 Å². The zero-order chi connectivity index (χ0) is 19.3. The summed E-state index contributed by atoms with van der Waals surface area (Å²) in [7, 11) is 0. The van der Waals surface area contributed by atoms with Crippen molar-refractivity contribution in [2.45, 2.75) is 31.0 Å². The highest BCUT2D eigenvalue weighted by Crippen LogP contribution is 2.29. The summed E-state index contributed by atoms with van der Waals surface area (Å²) < 4.78 is 13.0. The van der Waals surface area contributed by atoms with E-state index in [2.05, 4.69) is 15.5 Å². The number of rotatable bonds is 7. The molecule has 1 aromatic carbocycles. The number of nitrogens with zero attached hydrogens (tertiary/aromatic N) is 3. The van der Waals surface area contributed by atoms with Gasteiger partial charge in [0.2, 0.25) is 11.7 Å². The van der Waals surface area contributed by atoms with E-state index >= 15 is 0 Å². The first-order valence-corrected chi connectivity index (χ1v) is 10.3. The predicted molar refractivity (Wildman–Crippen MR) is 107 cm³/mol. The van der Waals surface area contributed by atoms with Gasteiger partial charge in [-0.15, -0.1) is 10.2 Å². The van der Waals surface area contributed by atoms with Crippen LogP contribution in [0.1, 0.15) is 18.4 Å². The number of amides is 1. The minimum Gasteiger partial charge on any atom is -0.461 e. The van der Waals surface area contributed by atoms with Crippen molar-refractivity contribution in [3.8, 4) is 17.3 Å². The van der Waals surface area contributed by atoms with E-state index in [9.17, 15) is 4.79 Å². The van der Waals surface area contributed by atoms with E-state index in [1.54, 1.807) is 6.26 Å². The summed E-state index contributed by atoms with van der Waals surface area (Å²) in [6.45, 7) is 3.37. The number of hydrogen-bond acceptors (Lipinski definition) is 6. The number of thioether (sulfide) groups is 1. The van der Waals surface area contributed by atoms with E-state index in [-0.39, 0.29) is 17.8 Å². The van der Waals surface area contributed by atoms with Gasteiger partial charge in [-0.25, -0.2) is 0 Å². The molecule has 1 atom stereocenters. The quantitative estimate of drug-likeness (QED) is 0.616. The second-order valence-electron chi connectivity index (χ2n) is 6.63. The Hall–Kier alpha value is -2.58. The third-order valence-corrected chi connectivity index (χ3v) is 5.54. The van der Waals surface area contributed by atoms with E-state index in [0.29, 0.717) is 23.3 Å². The molecule has 7 nitrogen and oxygen atoms in total. The van der Waals surface area contributed by atoms with Crippen molar-refractivity contribution in [3.05, 3.63) is 48.2 Å². The number of aryl methyl sites for hydroxylation is 1. The molecule has 1 amide bonds. The molecular weight excluding hydrogens is 376 g/mol. The van der Waals surface area contributed by atoms with Crippen LogP contribution >= 0.6 is 11.8 Å². The molecule has 1 fully saturated rings. The Bertz CT molecular complexity index is 933. The van der Waals surface area contributed by atoms with Crippen LogP contribution in [0.3, 0.4) is 0 Å². The summed E-state index contributed by atoms with van der Waals surface area (Å²) in [4.78, 5) is 12.3. The molecule has 146 valence electrons. The highest BCUT2D eigenvalue weighted by molar-refractivity contribution is 7.99. The van der Waals surface area contributed by atoms with Gasteiger partial charge in [0.15, 0.2) is 10.9 Å². The Morgan fingerprint density at radius 3 is 2.93 bits per heavy atom. The van der Waals surface area contributed by atoms with Gasteiger partial charge in [0.05, 0.1) is 23.8 Å². The molecule has 1 aliphatic rings. The molecule has 0 unspecified atom stereocenters. The Balaban J connectivity index is 1.52. The minimum atomic E-state index is -0.0422. The van der Waals surface area contributed by atoms with E-state index in [0.717, 1.165) is 30.7 Å². The average molecular weight is 398 g/mol. The smallest absolute Gasteiger partial charge is 0.230 e. The Morgan fingerprint density at radius 2 is 2.18 bits per heavy atom. The lowest BCUT2D eigenvalue weighted by molar-refractivity contribution is -0.119. The average Bonchev–Trinajstić information content (AvgIpc) is 3.46. The van der Waals surface area contributed by atoms with Gasteiger partial charge in [-0.1, -0.05) is 30.0 Å². The lowest BCUT2D eigenvalue weighted by atomic mass is 10.2. The number of furan rings is 1. The number of aromatic nitrogens is 3. The molecule has 8 heteroatoms. The highest BCUT2D eigenvalue weighted by atomic mass is 32.2. The molecule has 3 heterocycles. The third-order valence-electron chi connectivity index (χ3n) is 4.61. The van der Waals surface area contributed by atoms with Gasteiger partial charge in [-0.3, -0.25) is 9.36 Å². The Labute approximate surface area is 167 Å². The van der Waals surface area contributed by atoms with Gasteiger partial charge in [0, 0.05) is 13.2 Å². The standard InChI is InChI=1S/C20H22N4O3S/c1-14-6-2-3-8-16(14)24-19(17-9-5-11-27-17)22-23-20(24)28-13-18(25)21-12-15-7-4-10-26-15/h2-3,5-6,8-9,11,15H,4,7,10,12-13H2,1H3,(H,21,25)/t15-/m0/s1. The number of carbonyl (C=O) groups excluding carboxylic acids is 1. The van der Waals surface area contributed by atoms with Crippen LogP contribution < -0.4 is 5.32 Å². The molecular formula is C20H22N4O3S. The predicted octanol–water partition coefficient (Wildman–Crippen LogP) is 3.22. The van der Waals surface area contributed by atoms with Gasteiger partial charge >= 0.3 is 0 Å². The van der Waals surface area contributed by atoms with Gasteiger partial charge in [-0.2, -0.15) is 0 Å². The second-order valence-corrected chi connectivity index (χ2v) is 7.58. The first kappa shape index (κ1) is 18.8. The van der Waals surface area contributed by atoms with Gasteiger partial charge in [-0.05, 0) is 43.5 Å². The lowest BCUT2D eigenvalue weighted by Crippen LogP contribution is -2.32. The molecule has 1 saturated heterocycles. The van der Waals surface area contributed by atoms with Crippen LogP contribution in [0.5, 0.6) is 0 Å². The van der Waals surface area contributed by atoms with Crippen molar-refractivity contribution < 1.29 is 13.9 Å². The van der Waals surface area contributed by atoms with Crippen molar-refractivity contribution in [2.75, 3.05) is 18.9 Å². The normalized spacial score (nSPS) is 16.4. The zero-order valence-corrected chi connectivity index (χ0v) is 16.4. The van der Waals surface area contributed by atoms with Crippen molar-refractivity contribution in [2.24, 2.45) is 0 Å². The van der Waals surface area contributed by atoms with E-state index in [1.807, 2.05) is 47.9 Å². The van der Waals surface area contributed by atoms with Crippen molar-refractivity contribution in [1.29, 1.82) is 0 Å². The van der Waals surface area contributed by atoms with Crippen LogP contribution in [0.2, 0.25) is 0 Å². The summed E-state index contributed by atoms with van der Waals surface area (Å²) in [6, 6.07) is 11.7. The van der Waals surface area contributed by atoms with Crippen LogP contribution in [0, 0.1) is 6.92 Å². The fourth-order valence-electron chi connectivity index (χ4n) is 3.17. The number of carbonyl (C=O) groups is 1. The van der Waals surface area contributed by atoms with Crippen LogP contribution in [-0.2, 0) is 9.53 Å². The van der Waals surface area contributed by atoms with Crippen LogP contribution in [-0.4, -0.2) is 45.7 Å². The summed E-state index contributed by atoms with van der Waals surface area (Å²) in [5.74, 6) is 1.46. The monoisotopic (exact) mass is 398 g/mol. The molecule has 2 aromatic heterocycles. The maximum atomic E-state index is 12.3. The van der Waals surface area contributed by atoms with Gasteiger partial charge in [0.1, 0.15) is 0 Å². The Morgan fingerprint density at radius 1 is 1.29 bits per heavy atom. The van der Waals surface area contributed by atoms with Gasteiger partial charge in [0.25, 0.3) is 0 Å². The molecule has 28 heavy (non-hydrogen) atoms. The maximum absolute atomic E-state index is 12.3. The van der Waals surface area contributed by atoms with E-state index in [4.69, 9.17) is 9.15 Å². The number of para-hydroxylation sites is 1. The third kappa shape index (κ3) is 4.13. The molecule has 4 rings (SSSR count). The molecule has 3 aromatic rings. The summed E-state index contributed by atoms with van der Waals surface area (Å²) in [6.07, 6.45) is 3.80.